The van der Waals surface area contributed by atoms with Crippen molar-refractivity contribution in [3.05, 3.63) is 94.3 Å². The normalized spacial score (nSPS) is 16.3. The summed E-state index contributed by atoms with van der Waals surface area (Å²) in [6.45, 7) is 1.01. The van der Waals surface area contributed by atoms with Crippen molar-refractivity contribution < 1.29 is 13.6 Å². The summed E-state index contributed by atoms with van der Waals surface area (Å²) in [5.41, 5.74) is 0.668. The van der Waals surface area contributed by atoms with E-state index < -0.39 is 0 Å². The predicted octanol–water partition coefficient (Wildman–Crippen LogP) is 3.52. The molecule has 4 aromatic rings. The Morgan fingerprint density at radius 2 is 1.94 bits per heavy atom. The predicted molar refractivity (Wildman–Crippen MR) is 120 cm³/mol. The zero-order valence-corrected chi connectivity index (χ0v) is 18.0. The number of nitrogens with zero attached hydrogens (tertiary/aromatic N) is 4. The number of oxazole rings is 1. The van der Waals surface area contributed by atoms with Crippen LogP contribution in [0, 0.1) is 5.82 Å². The molecule has 5 rings (SSSR count). The standard InChI is InChI=1S/C25H23FN4O3/c26-20-9-7-17(8-10-20)12-21-14-27-24(33-21)19-5-3-11-29(15-19)23(31)16-30-25(32)22-6-2-1-4-18(22)13-28-30/h1-2,4,6-10,13-14,19H,3,5,11-12,15-16H2/t19-/m0/s1. The number of benzene rings is 2. The average molecular weight is 446 g/mol. The minimum Gasteiger partial charge on any atom is -0.445 e. The SMILES string of the molecule is O=C(Cn1ncc2ccccc2c1=O)N1CCC[C@H](c2ncc(Cc3ccc(F)cc3)o2)C1. The molecule has 3 heterocycles. The van der Waals surface area contributed by atoms with Gasteiger partial charge in [0.2, 0.25) is 5.91 Å². The number of piperidine rings is 1. The number of rotatable bonds is 5. The Bertz CT molecular complexity index is 1350. The zero-order chi connectivity index (χ0) is 22.8. The number of fused-ring (bicyclic) bond motifs is 1. The van der Waals surface area contributed by atoms with Crippen molar-refractivity contribution in [2.75, 3.05) is 13.1 Å². The van der Waals surface area contributed by atoms with Crippen molar-refractivity contribution >= 4 is 16.7 Å². The second-order valence-electron chi connectivity index (χ2n) is 8.34. The molecule has 0 N–H and O–H groups in total. The lowest BCUT2D eigenvalue weighted by Gasteiger charge is -2.31. The first-order valence-corrected chi connectivity index (χ1v) is 11.0. The number of amides is 1. The first-order valence-electron chi connectivity index (χ1n) is 11.0. The topological polar surface area (TPSA) is 81.2 Å². The smallest absolute Gasteiger partial charge is 0.275 e. The van der Waals surface area contributed by atoms with Crippen LogP contribution in [-0.2, 0) is 17.8 Å². The van der Waals surface area contributed by atoms with Gasteiger partial charge in [-0.1, -0.05) is 30.3 Å². The van der Waals surface area contributed by atoms with E-state index in [0.29, 0.717) is 36.5 Å². The molecule has 0 spiro atoms. The summed E-state index contributed by atoms with van der Waals surface area (Å²) in [4.78, 5) is 31.8. The summed E-state index contributed by atoms with van der Waals surface area (Å²) in [6, 6.07) is 13.5. The maximum atomic E-state index is 13.1. The molecule has 0 aliphatic carbocycles. The fourth-order valence-corrected chi connectivity index (χ4v) is 4.27. The summed E-state index contributed by atoms with van der Waals surface area (Å²) < 4.78 is 20.3. The van der Waals surface area contributed by atoms with Crippen LogP contribution in [0.5, 0.6) is 0 Å². The van der Waals surface area contributed by atoms with Gasteiger partial charge in [0.25, 0.3) is 5.56 Å². The van der Waals surface area contributed by atoms with Gasteiger partial charge in [0.05, 0.1) is 23.7 Å². The Kier molecular flexibility index (Phi) is 5.73. The molecule has 1 amide bonds. The van der Waals surface area contributed by atoms with Gasteiger partial charge in [-0.25, -0.2) is 14.1 Å². The molecule has 1 aliphatic heterocycles. The van der Waals surface area contributed by atoms with Crippen LogP contribution in [0.1, 0.15) is 36.0 Å². The number of carbonyl (C=O) groups is 1. The number of halogens is 1. The van der Waals surface area contributed by atoms with Gasteiger partial charge in [-0.2, -0.15) is 5.10 Å². The van der Waals surface area contributed by atoms with Crippen LogP contribution in [-0.4, -0.2) is 38.7 Å². The van der Waals surface area contributed by atoms with Crippen molar-refractivity contribution in [1.82, 2.24) is 19.7 Å². The molecule has 1 fully saturated rings. The molecule has 1 aliphatic rings. The second kappa shape index (κ2) is 8.97. The van der Waals surface area contributed by atoms with E-state index in [-0.39, 0.29) is 29.7 Å². The van der Waals surface area contributed by atoms with Crippen LogP contribution in [0.3, 0.4) is 0 Å². The summed E-state index contributed by atoms with van der Waals surface area (Å²) in [6.07, 6.45) is 5.52. The molecule has 0 saturated carbocycles. The Hall–Kier alpha value is -3.81. The van der Waals surface area contributed by atoms with Crippen LogP contribution in [0.4, 0.5) is 4.39 Å². The van der Waals surface area contributed by atoms with E-state index in [1.54, 1.807) is 41.6 Å². The van der Waals surface area contributed by atoms with E-state index in [9.17, 15) is 14.0 Å². The molecule has 0 unspecified atom stereocenters. The lowest BCUT2D eigenvalue weighted by molar-refractivity contribution is -0.133. The van der Waals surface area contributed by atoms with Gasteiger partial charge in [-0.05, 0) is 36.6 Å². The second-order valence-corrected chi connectivity index (χ2v) is 8.34. The first-order chi connectivity index (χ1) is 16.1. The molecule has 33 heavy (non-hydrogen) atoms. The minimum absolute atomic E-state index is 0.00838. The van der Waals surface area contributed by atoms with Crippen LogP contribution < -0.4 is 5.56 Å². The van der Waals surface area contributed by atoms with Crippen LogP contribution in [0.2, 0.25) is 0 Å². The molecule has 0 bridgehead atoms. The third kappa shape index (κ3) is 4.55. The lowest BCUT2D eigenvalue weighted by Crippen LogP contribution is -2.42. The third-order valence-corrected chi connectivity index (χ3v) is 6.03. The van der Waals surface area contributed by atoms with Crippen molar-refractivity contribution in [2.45, 2.75) is 31.7 Å². The first kappa shape index (κ1) is 21.1. The summed E-state index contributed by atoms with van der Waals surface area (Å²) in [5, 5.41) is 5.47. The molecule has 0 radical (unpaired) electrons. The Balaban J connectivity index is 1.26. The van der Waals surface area contributed by atoms with Gasteiger partial charge in [-0.15, -0.1) is 0 Å². The van der Waals surface area contributed by atoms with E-state index in [1.165, 1.54) is 16.8 Å². The minimum atomic E-state index is -0.273. The maximum Gasteiger partial charge on any atom is 0.275 e. The fourth-order valence-electron chi connectivity index (χ4n) is 4.27. The van der Waals surface area contributed by atoms with E-state index >= 15 is 0 Å². The molecule has 8 heteroatoms. The van der Waals surface area contributed by atoms with Crippen LogP contribution >= 0.6 is 0 Å². The number of hydrogen-bond acceptors (Lipinski definition) is 5. The quantitative estimate of drug-likeness (QED) is 0.469. The fraction of sp³-hybridized carbons (Fsp3) is 0.280. The number of likely N-dealkylation sites (tertiary alicyclic amines) is 1. The van der Waals surface area contributed by atoms with E-state index in [4.69, 9.17) is 4.42 Å². The molecule has 1 saturated heterocycles. The number of aromatic nitrogens is 3. The van der Waals surface area contributed by atoms with Crippen molar-refractivity contribution in [2.24, 2.45) is 0 Å². The maximum absolute atomic E-state index is 13.1. The highest BCUT2D eigenvalue weighted by Crippen LogP contribution is 2.27. The van der Waals surface area contributed by atoms with Gasteiger partial charge in [0.1, 0.15) is 18.1 Å². The van der Waals surface area contributed by atoms with Crippen molar-refractivity contribution in [3.8, 4) is 0 Å². The Labute approximate surface area is 189 Å². The summed E-state index contributed by atoms with van der Waals surface area (Å²) in [5.74, 6) is 0.872. The highest BCUT2D eigenvalue weighted by atomic mass is 19.1. The molecule has 7 nitrogen and oxygen atoms in total. The van der Waals surface area contributed by atoms with Gasteiger partial charge in [0, 0.05) is 24.9 Å². The molecule has 2 aromatic heterocycles. The third-order valence-electron chi connectivity index (χ3n) is 6.03. The highest BCUT2D eigenvalue weighted by molar-refractivity contribution is 5.81. The van der Waals surface area contributed by atoms with E-state index in [2.05, 4.69) is 10.1 Å². The molecule has 2 aromatic carbocycles. The van der Waals surface area contributed by atoms with Gasteiger partial charge >= 0.3 is 0 Å². The zero-order valence-electron chi connectivity index (χ0n) is 18.0. The molecular formula is C25H23FN4O3. The van der Waals surface area contributed by atoms with Crippen molar-refractivity contribution in [1.29, 1.82) is 0 Å². The Morgan fingerprint density at radius 3 is 2.79 bits per heavy atom. The Morgan fingerprint density at radius 1 is 1.12 bits per heavy atom. The molecular weight excluding hydrogens is 423 g/mol. The van der Waals surface area contributed by atoms with Crippen LogP contribution in [0.15, 0.2) is 70.1 Å². The monoisotopic (exact) mass is 446 g/mol. The van der Waals surface area contributed by atoms with Crippen LogP contribution in [0.25, 0.3) is 10.8 Å². The lowest BCUT2D eigenvalue weighted by atomic mass is 9.98. The van der Waals surface area contributed by atoms with Gasteiger partial charge in [-0.3, -0.25) is 9.59 Å². The summed E-state index contributed by atoms with van der Waals surface area (Å²) >= 11 is 0. The van der Waals surface area contributed by atoms with Gasteiger partial charge < -0.3 is 9.32 Å². The number of hydrogen-bond donors (Lipinski definition) is 0. The average Bonchev–Trinajstić information content (AvgIpc) is 3.31. The highest BCUT2D eigenvalue weighted by Gasteiger charge is 2.28. The summed E-state index contributed by atoms with van der Waals surface area (Å²) in [7, 11) is 0. The van der Waals surface area contributed by atoms with Crippen molar-refractivity contribution in [3.63, 3.8) is 0 Å². The largest absolute Gasteiger partial charge is 0.445 e. The molecule has 1 atom stereocenters. The van der Waals surface area contributed by atoms with Gasteiger partial charge in [0.15, 0.2) is 5.89 Å². The molecule has 168 valence electrons. The van der Waals surface area contributed by atoms with E-state index in [0.717, 1.165) is 23.8 Å². The number of carbonyl (C=O) groups excluding carboxylic acids is 1. The van der Waals surface area contributed by atoms with E-state index in [1.807, 2.05) is 12.1 Å².